The van der Waals surface area contributed by atoms with E-state index in [-0.39, 0.29) is 0 Å². The van der Waals surface area contributed by atoms with E-state index < -0.39 is 0 Å². The standard InChI is InChI=1S/C7H14.C6H13N.C6H12/c2*1-7-5-3-2-4-6-7;1-6-4-2-3-5-6/h7H,2-6H2,1H3;2-6H2,1H3;6H,2-5H2,1H3. The number of likely N-dealkylation sites (tertiary alicyclic amines) is 1. The predicted molar refractivity (Wildman–Crippen MR) is 91.2 cm³/mol. The van der Waals surface area contributed by atoms with Crippen LogP contribution in [0.4, 0.5) is 0 Å². The molecule has 1 heterocycles. The molecule has 2 saturated carbocycles. The molecule has 0 spiro atoms. The molecule has 1 saturated heterocycles. The van der Waals surface area contributed by atoms with Gasteiger partial charge in [0.15, 0.2) is 0 Å². The van der Waals surface area contributed by atoms with Gasteiger partial charge in [-0.25, -0.2) is 0 Å². The molecular weight excluding hydrogens is 242 g/mol. The molecule has 1 nitrogen and oxygen atoms in total. The summed E-state index contributed by atoms with van der Waals surface area (Å²) in [4.78, 5) is 2.39. The molecule has 1 aliphatic heterocycles. The first-order chi connectivity index (χ1) is 9.68. The first-order valence-electron chi connectivity index (χ1n) is 9.37. The van der Waals surface area contributed by atoms with Gasteiger partial charge in [0, 0.05) is 0 Å². The van der Waals surface area contributed by atoms with Crippen molar-refractivity contribution in [2.75, 3.05) is 20.1 Å². The van der Waals surface area contributed by atoms with Crippen molar-refractivity contribution in [2.24, 2.45) is 11.8 Å². The zero-order valence-corrected chi connectivity index (χ0v) is 14.5. The second-order valence-corrected chi connectivity index (χ2v) is 7.50. The molecule has 0 aromatic carbocycles. The van der Waals surface area contributed by atoms with Gasteiger partial charge in [0.25, 0.3) is 0 Å². The first-order valence-corrected chi connectivity index (χ1v) is 9.37. The molecule has 3 rings (SSSR count). The minimum Gasteiger partial charge on any atom is -0.306 e. The lowest BCUT2D eigenvalue weighted by atomic mass is 9.91. The summed E-state index contributed by atoms with van der Waals surface area (Å²) in [6.07, 6.45) is 17.7. The van der Waals surface area contributed by atoms with E-state index in [0.29, 0.717) is 0 Å². The van der Waals surface area contributed by atoms with Crippen molar-refractivity contribution < 1.29 is 0 Å². The summed E-state index contributed by atoms with van der Waals surface area (Å²) in [5, 5.41) is 0. The van der Waals surface area contributed by atoms with Crippen LogP contribution in [0.3, 0.4) is 0 Å². The SMILES string of the molecule is CC1CCCC1.CC1CCCCC1.CN1CCCCC1. The molecule has 0 aromatic rings. The van der Waals surface area contributed by atoms with Crippen LogP contribution < -0.4 is 0 Å². The predicted octanol–water partition coefficient (Wildman–Crippen LogP) is 5.89. The van der Waals surface area contributed by atoms with Gasteiger partial charge in [0.05, 0.1) is 0 Å². The van der Waals surface area contributed by atoms with Gasteiger partial charge in [0.1, 0.15) is 0 Å². The molecule has 2 aliphatic carbocycles. The largest absolute Gasteiger partial charge is 0.306 e. The third-order valence-corrected chi connectivity index (χ3v) is 5.12. The summed E-state index contributed by atoms with van der Waals surface area (Å²) in [6.45, 7) is 7.34. The third kappa shape index (κ3) is 9.80. The van der Waals surface area contributed by atoms with Crippen molar-refractivity contribution in [3.63, 3.8) is 0 Å². The zero-order chi connectivity index (χ0) is 14.6. The summed E-state index contributed by atoms with van der Waals surface area (Å²) in [5.41, 5.74) is 0. The Kier molecular flexibility index (Phi) is 10.4. The highest BCUT2D eigenvalue weighted by Gasteiger charge is 2.07. The quantitative estimate of drug-likeness (QED) is 0.535. The molecule has 0 bridgehead atoms. The van der Waals surface area contributed by atoms with Crippen LogP contribution >= 0.6 is 0 Å². The highest BCUT2D eigenvalue weighted by atomic mass is 15.1. The van der Waals surface area contributed by atoms with E-state index in [1.165, 1.54) is 90.1 Å². The van der Waals surface area contributed by atoms with E-state index >= 15 is 0 Å². The number of hydrogen-bond donors (Lipinski definition) is 0. The fourth-order valence-electron chi connectivity index (χ4n) is 3.49. The van der Waals surface area contributed by atoms with Gasteiger partial charge in [-0.2, -0.15) is 0 Å². The second kappa shape index (κ2) is 11.6. The Bertz CT molecular complexity index is 180. The molecule has 0 aromatic heterocycles. The van der Waals surface area contributed by atoms with E-state index in [2.05, 4.69) is 25.8 Å². The Hall–Kier alpha value is -0.0400. The van der Waals surface area contributed by atoms with Gasteiger partial charge in [-0.05, 0) is 44.8 Å². The van der Waals surface area contributed by atoms with Crippen molar-refractivity contribution in [1.82, 2.24) is 4.90 Å². The molecule has 1 heteroatoms. The summed E-state index contributed by atoms with van der Waals surface area (Å²) in [7, 11) is 2.19. The van der Waals surface area contributed by atoms with Crippen LogP contribution in [-0.2, 0) is 0 Å². The molecule has 3 aliphatic rings. The molecule has 0 atom stereocenters. The smallest absolute Gasteiger partial charge is 0.00218 e. The maximum Gasteiger partial charge on any atom is -0.00218 e. The molecule has 120 valence electrons. The Labute approximate surface area is 128 Å². The Morgan fingerprint density at radius 3 is 1.10 bits per heavy atom. The van der Waals surface area contributed by atoms with E-state index in [0.717, 1.165) is 11.8 Å². The molecule has 20 heavy (non-hydrogen) atoms. The summed E-state index contributed by atoms with van der Waals surface area (Å²) in [6, 6.07) is 0. The molecule has 0 unspecified atom stereocenters. The normalized spacial score (nSPS) is 25.4. The topological polar surface area (TPSA) is 3.24 Å². The highest BCUT2D eigenvalue weighted by molar-refractivity contribution is 4.61. The van der Waals surface area contributed by atoms with Gasteiger partial charge in [-0.1, -0.05) is 78.1 Å². The van der Waals surface area contributed by atoms with Gasteiger partial charge < -0.3 is 4.90 Å². The van der Waals surface area contributed by atoms with E-state index in [1.54, 1.807) is 0 Å². The maximum absolute atomic E-state index is 2.39. The van der Waals surface area contributed by atoms with Crippen LogP contribution in [0, 0.1) is 11.8 Å². The Morgan fingerprint density at radius 1 is 0.550 bits per heavy atom. The summed E-state index contributed by atoms with van der Waals surface area (Å²) < 4.78 is 0. The minimum absolute atomic E-state index is 1.04. The van der Waals surface area contributed by atoms with Crippen LogP contribution in [0.5, 0.6) is 0 Å². The van der Waals surface area contributed by atoms with Crippen LogP contribution in [0.25, 0.3) is 0 Å². The monoisotopic (exact) mass is 281 g/mol. The molecule has 0 amide bonds. The minimum atomic E-state index is 1.04. The molecule has 0 radical (unpaired) electrons. The van der Waals surface area contributed by atoms with Crippen molar-refractivity contribution in [2.45, 2.75) is 90.9 Å². The zero-order valence-electron chi connectivity index (χ0n) is 14.5. The van der Waals surface area contributed by atoms with Gasteiger partial charge in [0.2, 0.25) is 0 Å². The Morgan fingerprint density at radius 2 is 0.900 bits per heavy atom. The number of piperidine rings is 1. The molecule has 0 N–H and O–H groups in total. The first kappa shape index (κ1) is 18.0. The van der Waals surface area contributed by atoms with Gasteiger partial charge >= 0.3 is 0 Å². The van der Waals surface area contributed by atoms with Crippen LogP contribution in [0.15, 0.2) is 0 Å². The lowest BCUT2D eigenvalue weighted by molar-refractivity contribution is 0.277. The maximum atomic E-state index is 2.39. The van der Waals surface area contributed by atoms with Crippen molar-refractivity contribution in [3.05, 3.63) is 0 Å². The van der Waals surface area contributed by atoms with E-state index in [4.69, 9.17) is 0 Å². The molecule has 3 fully saturated rings. The average Bonchev–Trinajstić information content (AvgIpc) is 2.93. The van der Waals surface area contributed by atoms with Crippen molar-refractivity contribution >= 4 is 0 Å². The lowest BCUT2D eigenvalue weighted by Gasteiger charge is -2.20. The number of rotatable bonds is 0. The second-order valence-electron chi connectivity index (χ2n) is 7.50. The third-order valence-electron chi connectivity index (χ3n) is 5.12. The van der Waals surface area contributed by atoms with Crippen LogP contribution in [0.1, 0.15) is 90.9 Å². The van der Waals surface area contributed by atoms with E-state index in [1.807, 2.05) is 0 Å². The summed E-state index contributed by atoms with van der Waals surface area (Å²) in [5.74, 6) is 2.08. The summed E-state index contributed by atoms with van der Waals surface area (Å²) >= 11 is 0. The van der Waals surface area contributed by atoms with Gasteiger partial charge in [-0.15, -0.1) is 0 Å². The number of hydrogen-bond acceptors (Lipinski definition) is 1. The van der Waals surface area contributed by atoms with Crippen LogP contribution in [0.2, 0.25) is 0 Å². The average molecular weight is 282 g/mol. The van der Waals surface area contributed by atoms with Crippen LogP contribution in [-0.4, -0.2) is 25.0 Å². The fraction of sp³-hybridized carbons (Fsp3) is 1.00. The number of nitrogens with zero attached hydrogens (tertiary/aromatic N) is 1. The van der Waals surface area contributed by atoms with Crippen molar-refractivity contribution in [1.29, 1.82) is 0 Å². The van der Waals surface area contributed by atoms with E-state index in [9.17, 15) is 0 Å². The molecular formula is C19H39N. The van der Waals surface area contributed by atoms with Crippen molar-refractivity contribution in [3.8, 4) is 0 Å². The highest BCUT2D eigenvalue weighted by Crippen LogP contribution is 2.23. The Balaban J connectivity index is 0.000000151. The lowest BCUT2D eigenvalue weighted by Crippen LogP contribution is -2.24. The fourth-order valence-corrected chi connectivity index (χ4v) is 3.49. The van der Waals surface area contributed by atoms with Gasteiger partial charge in [-0.3, -0.25) is 0 Å².